The molecule has 0 radical (unpaired) electrons. The van der Waals surface area contributed by atoms with Crippen LogP contribution in [0, 0.1) is 22.7 Å². The van der Waals surface area contributed by atoms with E-state index in [1.165, 1.54) is 30.5 Å². The first-order valence-electron chi connectivity index (χ1n) is 16.7. The maximum Gasteiger partial charge on any atom is 0.336 e. The molecule has 6 N–H and O–H groups in total. The number of hydrogen-bond acceptors (Lipinski definition) is 9. The number of aliphatic hydroxyl groups is 2. The Kier molecular flexibility index (Phi) is 7.79. The number of carboxylic acids is 3. The molecule has 1 aromatic rings. The zero-order chi connectivity index (χ0) is 34.5. The zero-order valence-electron chi connectivity index (χ0n) is 27.9. The van der Waals surface area contributed by atoms with Crippen molar-refractivity contribution in [3.05, 3.63) is 23.3 Å². The van der Waals surface area contributed by atoms with Gasteiger partial charge in [0.25, 0.3) is 0 Å². The van der Waals surface area contributed by atoms with Crippen molar-refractivity contribution >= 4 is 17.9 Å². The summed E-state index contributed by atoms with van der Waals surface area (Å²) >= 11 is 0. The predicted molar refractivity (Wildman–Crippen MR) is 167 cm³/mol. The van der Waals surface area contributed by atoms with Gasteiger partial charge in [-0.25, -0.2) is 4.79 Å². The lowest BCUT2D eigenvalue weighted by atomic mass is 9.33. The number of aromatic hydroxyl groups is 1. The number of phenolic OH excluding ortho intramolecular Hbond substituents is 1. The molecule has 0 amide bonds. The van der Waals surface area contributed by atoms with Gasteiger partial charge in [-0.15, -0.1) is 0 Å². The second kappa shape index (κ2) is 10.8. The van der Waals surface area contributed by atoms with Crippen LogP contribution < -0.4 is 4.74 Å². The van der Waals surface area contributed by atoms with Gasteiger partial charge >= 0.3 is 17.9 Å². The van der Waals surface area contributed by atoms with E-state index in [0.29, 0.717) is 11.8 Å². The highest BCUT2D eigenvalue weighted by atomic mass is 16.6. The summed E-state index contributed by atoms with van der Waals surface area (Å²) in [7, 11) is 1.83. The molecule has 12 nitrogen and oxygen atoms in total. The van der Waals surface area contributed by atoms with Crippen LogP contribution in [0.5, 0.6) is 11.5 Å². The standard InChI is InChI=1S/C29H41NO4.C6H8O7/c1-25(2,3)26(4,32)20-15-27-10-11-29(20,33-5)24-28(27)12-13-30(16-17-6-7-17)21(27)14-18-8-9-19(31)23(34-24)22(18)28;7-3(8)1-6(13,5(11)12)2-4(9)10/h8-9,17,20-21,24,31-32H,6-7,10-16H2,1-5H3;13H,1-2H2,(H,7,8)(H,9,10)(H,11,12)/t20-,21-,24-,26+,27-,28+,29+;/m1./s1. The fraction of sp³-hybridized carbons (Fsp3) is 0.743. The molecule has 4 bridgehead atoms. The number of rotatable bonds is 9. The molecule has 7 atom stereocenters. The van der Waals surface area contributed by atoms with Crippen LogP contribution in [-0.4, -0.2) is 103 Å². The van der Waals surface area contributed by atoms with Crippen LogP contribution in [0.3, 0.4) is 0 Å². The number of aliphatic carboxylic acids is 3. The van der Waals surface area contributed by atoms with Gasteiger partial charge in [0.05, 0.1) is 18.4 Å². The Morgan fingerprint density at radius 2 is 1.64 bits per heavy atom. The van der Waals surface area contributed by atoms with Gasteiger partial charge in [-0.1, -0.05) is 26.8 Å². The molecule has 5 aliphatic carbocycles. The maximum atomic E-state index is 12.2. The minimum atomic E-state index is -2.74. The quantitative estimate of drug-likeness (QED) is 0.227. The average Bonchev–Trinajstić information content (AvgIpc) is 3.71. The summed E-state index contributed by atoms with van der Waals surface area (Å²) in [4.78, 5) is 33.3. The second-order valence-corrected chi connectivity index (χ2v) is 16.3. The van der Waals surface area contributed by atoms with Gasteiger partial charge in [-0.05, 0) is 81.4 Å². The van der Waals surface area contributed by atoms with E-state index in [9.17, 15) is 24.6 Å². The molecule has 0 unspecified atom stereocenters. The molecule has 47 heavy (non-hydrogen) atoms. The molecule has 2 aliphatic heterocycles. The summed E-state index contributed by atoms with van der Waals surface area (Å²) in [5, 5.41) is 57.0. The number of benzene rings is 1. The normalized spacial score (nSPS) is 34.7. The first-order valence-corrected chi connectivity index (χ1v) is 16.7. The van der Waals surface area contributed by atoms with Crippen molar-refractivity contribution in [3.8, 4) is 11.5 Å². The Morgan fingerprint density at radius 3 is 2.17 bits per heavy atom. The molecule has 260 valence electrons. The van der Waals surface area contributed by atoms with Crippen LogP contribution in [-0.2, 0) is 31.0 Å². The molecule has 1 aromatic carbocycles. The van der Waals surface area contributed by atoms with Gasteiger partial charge in [0.15, 0.2) is 17.1 Å². The number of hydrogen-bond donors (Lipinski definition) is 6. The minimum absolute atomic E-state index is 0.0294. The van der Waals surface area contributed by atoms with Crippen molar-refractivity contribution in [2.24, 2.45) is 22.7 Å². The van der Waals surface area contributed by atoms with Crippen molar-refractivity contribution < 1.29 is 54.5 Å². The highest BCUT2D eigenvalue weighted by Crippen LogP contribution is 2.78. The van der Waals surface area contributed by atoms with Gasteiger partial charge < -0.3 is 40.1 Å². The smallest absolute Gasteiger partial charge is 0.336 e. The minimum Gasteiger partial charge on any atom is -0.504 e. The van der Waals surface area contributed by atoms with Gasteiger partial charge in [0.1, 0.15) is 11.7 Å². The lowest BCUT2D eigenvalue weighted by Gasteiger charge is -2.75. The van der Waals surface area contributed by atoms with E-state index in [1.54, 1.807) is 0 Å². The molecular formula is C35H49NO11. The summed E-state index contributed by atoms with van der Waals surface area (Å²) in [5.74, 6) is -3.22. The van der Waals surface area contributed by atoms with Crippen LogP contribution in [0.2, 0.25) is 0 Å². The molecule has 12 heteroatoms. The predicted octanol–water partition coefficient (Wildman–Crippen LogP) is 3.17. The lowest BCUT2D eigenvalue weighted by Crippen LogP contribution is -2.83. The largest absolute Gasteiger partial charge is 0.504 e. The zero-order valence-corrected chi connectivity index (χ0v) is 27.9. The number of likely N-dealkylation sites (tertiary alicyclic amines) is 1. The number of phenols is 1. The summed E-state index contributed by atoms with van der Waals surface area (Å²) in [5.41, 5.74) is -1.96. The molecular weight excluding hydrogens is 610 g/mol. The molecule has 1 saturated heterocycles. The highest BCUT2D eigenvalue weighted by molar-refractivity contribution is 5.88. The first kappa shape index (κ1) is 34.0. The summed E-state index contributed by atoms with van der Waals surface area (Å²) < 4.78 is 13.5. The van der Waals surface area contributed by atoms with Gasteiger partial charge in [-0.3, -0.25) is 14.5 Å². The van der Waals surface area contributed by atoms with Crippen molar-refractivity contribution in [1.29, 1.82) is 0 Å². The Balaban J connectivity index is 0.000000255. The van der Waals surface area contributed by atoms with E-state index in [4.69, 9.17) is 29.9 Å². The van der Waals surface area contributed by atoms with E-state index >= 15 is 0 Å². The second-order valence-electron chi connectivity index (χ2n) is 16.3. The number of nitrogens with zero attached hydrogens (tertiary/aromatic N) is 1. The molecule has 7 aliphatic rings. The summed E-state index contributed by atoms with van der Waals surface area (Å²) in [6.07, 6.45) is 5.35. The van der Waals surface area contributed by atoms with Crippen LogP contribution in [0.15, 0.2) is 12.1 Å². The van der Waals surface area contributed by atoms with E-state index in [1.807, 2.05) is 20.1 Å². The molecule has 8 rings (SSSR count). The number of carboxylic acid groups (broad SMARTS) is 3. The molecule has 2 heterocycles. The van der Waals surface area contributed by atoms with E-state index in [2.05, 4.69) is 31.7 Å². The molecule has 4 saturated carbocycles. The SMILES string of the molecule is CO[C@@]12CC[C@@]3(C[C@@H]1[C@](C)(O)C(C)(C)C)[C@H]1Cc4ccc(O)c5c4[C@@]3(CCN1CC1CC1)[C@H]2O5.O=C(O)CC(O)(CC(=O)O)C(=O)O. The molecule has 5 fully saturated rings. The lowest BCUT2D eigenvalue weighted by molar-refractivity contribution is -0.312. The van der Waals surface area contributed by atoms with Crippen molar-refractivity contribution in [2.45, 2.75) is 120 Å². The van der Waals surface area contributed by atoms with Gasteiger partial charge in [0, 0.05) is 42.0 Å². The third kappa shape index (κ3) is 4.72. The topological polar surface area (TPSA) is 194 Å². The number of methoxy groups -OCH3 is 1. The number of ether oxygens (including phenoxy) is 2. The fourth-order valence-electron chi connectivity index (χ4n) is 10.3. The van der Waals surface area contributed by atoms with Gasteiger partial charge in [-0.2, -0.15) is 0 Å². The van der Waals surface area contributed by atoms with Crippen molar-refractivity contribution in [3.63, 3.8) is 0 Å². The monoisotopic (exact) mass is 659 g/mol. The van der Waals surface area contributed by atoms with Crippen LogP contribution in [0.4, 0.5) is 0 Å². The Hall–Kier alpha value is -2.93. The van der Waals surface area contributed by atoms with Crippen LogP contribution >= 0.6 is 0 Å². The summed E-state index contributed by atoms with van der Waals surface area (Å²) in [6, 6.07) is 4.46. The number of carbonyl (C=O) groups is 3. The fourth-order valence-corrected chi connectivity index (χ4v) is 10.3. The third-order valence-corrected chi connectivity index (χ3v) is 13.1. The summed E-state index contributed by atoms with van der Waals surface area (Å²) in [6.45, 7) is 10.8. The maximum absolute atomic E-state index is 12.2. The number of piperidine rings is 1. The Labute approximate surface area is 274 Å². The van der Waals surface area contributed by atoms with E-state index in [0.717, 1.165) is 44.6 Å². The van der Waals surface area contributed by atoms with Crippen LogP contribution in [0.1, 0.15) is 90.2 Å². The van der Waals surface area contributed by atoms with E-state index < -0.39 is 47.6 Å². The number of fused-ring (bicyclic) bond motifs is 2. The average molecular weight is 660 g/mol. The van der Waals surface area contributed by atoms with E-state index in [-0.39, 0.29) is 34.0 Å². The van der Waals surface area contributed by atoms with Crippen LogP contribution in [0.25, 0.3) is 0 Å². The Bertz CT molecular complexity index is 1460. The first-order chi connectivity index (χ1) is 21.8. The highest BCUT2D eigenvalue weighted by Gasteiger charge is 2.82. The molecule has 0 aromatic heterocycles. The molecule has 2 spiro atoms. The van der Waals surface area contributed by atoms with Gasteiger partial charge in [0.2, 0.25) is 0 Å². The Morgan fingerprint density at radius 1 is 1.00 bits per heavy atom. The van der Waals surface area contributed by atoms with Crippen molar-refractivity contribution in [1.82, 2.24) is 4.90 Å². The third-order valence-electron chi connectivity index (χ3n) is 13.1. The van der Waals surface area contributed by atoms with Crippen molar-refractivity contribution in [2.75, 3.05) is 20.2 Å².